The van der Waals surface area contributed by atoms with Crippen LogP contribution >= 0.6 is 0 Å². The van der Waals surface area contributed by atoms with Crippen LogP contribution in [0, 0.1) is 0 Å². The highest BCUT2D eigenvalue weighted by Gasteiger charge is 2.16. The van der Waals surface area contributed by atoms with Gasteiger partial charge in [-0.3, -0.25) is 0 Å². The predicted octanol–water partition coefficient (Wildman–Crippen LogP) is -0.120. The fraction of sp³-hybridized carbons (Fsp3) is 0.364. The number of aliphatic hydroxyl groups is 2. The highest BCUT2D eigenvalue weighted by atomic mass is 16.3. The molecule has 18 heavy (non-hydrogen) atoms. The summed E-state index contributed by atoms with van der Waals surface area (Å²) in [6, 6.07) is -0.274. The van der Waals surface area contributed by atoms with Crippen molar-refractivity contribution < 1.29 is 10.2 Å². The van der Waals surface area contributed by atoms with Crippen LogP contribution in [0.4, 0.5) is 5.82 Å². The van der Waals surface area contributed by atoms with Crippen LogP contribution in [0.25, 0.3) is 11.2 Å². The van der Waals surface area contributed by atoms with E-state index >= 15 is 0 Å². The van der Waals surface area contributed by atoms with Gasteiger partial charge in [-0.15, -0.1) is 0 Å². The summed E-state index contributed by atoms with van der Waals surface area (Å²) in [4.78, 5) is 12.1. The molecule has 0 bridgehead atoms. The highest BCUT2D eigenvalue weighted by molar-refractivity contribution is 5.81. The number of hydrogen-bond acceptors (Lipinski definition) is 6. The molecular weight excluding hydrogens is 234 g/mol. The zero-order valence-corrected chi connectivity index (χ0v) is 9.82. The van der Waals surface area contributed by atoms with Crippen molar-refractivity contribution in [3.8, 4) is 0 Å². The smallest absolute Gasteiger partial charge is 0.165 e. The Balaban J connectivity index is 2.40. The molecule has 2 heterocycles. The molecule has 0 aliphatic carbocycles. The molecular formula is C11H15N5O2. The lowest BCUT2D eigenvalue weighted by Gasteiger charge is -2.16. The molecule has 0 saturated heterocycles. The first-order chi connectivity index (χ1) is 8.67. The van der Waals surface area contributed by atoms with Crippen molar-refractivity contribution in [2.24, 2.45) is 0 Å². The summed E-state index contributed by atoms with van der Waals surface area (Å²) in [5.74, 6) is 0.302. The van der Waals surface area contributed by atoms with E-state index in [1.807, 2.05) is 0 Å². The second-order valence-corrected chi connectivity index (χ2v) is 4.03. The van der Waals surface area contributed by atoms with E-state index in [0.717, 1.165) is 0 Å². The quantitative estimate of drug-likeness (QED) is 0.637. The van der Waals surface area contributed by atoms with Gasteiger partial charge in [0.15, 0.2) is 11.5 Å². The number of aliphatic hydroxyl groups excluding tert-OH is 2. The molecule has 1 atom stereocenters. The minimum atomic E-state index is -0.274. The van der Waals surface area contributed by atoms with Crippen LogP contribution in [0.1, 0.15) is 12.5 Å². The summed E-state index contributed by atoms with van der Waals surface area (Å²) in [5, 5.41) is 18.4. The van der Waals surface area contributed by atoms with Crippen LogP contribution in [-0.2, 0) is 0 Å². The average molecular weight is 249 g/mol. The third-order valence-corrected chi connectivity index (χ3v) is 2.74. The summed E-state index contributed by atoms with van der Waals surface area (Å²) < 4.78 is 1.72. The maximum Gasteiger partial charge on any atom is 0.165 e. The minimum absolute atomic E-state index is 0.103. The van der Waals surface area contributed by atoms with Crippen LogP contribution < -0.4 is 5.73 Å². The fourth-order valence-electron chi connectivity index (χ4n) is 1.79. The van der Waals surface area contributed by atoms with E-state index in [0.29, 0.717) is 29.0 Å². The van der Waals surface area contributed by atoms with Crippen molar-refractivity contribution in [2.45, 2.75) is 12.5 Å². The average Bonchev–Trinajstić information content (AvgIpc) is 2.81. The number of imidazole rings is 1. The molecule has 2 aromatic heterocycles. The van der Waals surface area contributed by atoms with Gasteiger partial charge in [-0.25, -0.2) is 15.0 Å². The number of hydrogen-bond donors (Lipinski definition) is 3. The highest BCUT2D eigenvalue weighted by Crippen LogP contribution is 2.22. The zero-order chi connectivity index (χ0) is 13.1. The van der Waals surface area contributed by atoms with E-state index < -0.39 is 0 Å². The molecule has 0 unspecified atom stereocenters. The van der Waals surface area contributed by atoms with Crippen LogP contribution in [0.3, 0.4) is 0 Å². The van der Waals surface area contributed by atoms with Gasteiger partial charge in [0.1, 0.15) is 11.8 Å². The van der Waals surface area contributed by atoms with E-state index in [-0.39, 0.29) is 19.3 Å². The molecule has 0 radical (unpaired) electrons. The molecule has 7 heteroatoms. The molecule has 0 spiro atoms. The first-order valence-corrected chi connectivity index (χ1v) is 5.48. The van der Waals surface area contributed by atoms with Gasteiger partial charge in [-0.05, 0) is 6.42 Å². The zero-order valence-electron chi connectivity index (χ0n) is 9.82. The summed E-state index contributed by atoms with van der Waals surface area (Å²) in [5.41, 5.74) is 7.40. The summed E-state index contributed by atoms with van der Waals surface area (Å²) >= 11 is 0. The van der Waals surface area contributed by atoms with Crippen molar-refractivity contribution in [1.29, 1.82) is 0 Å². The number of nitrogens with zero attached hydrogens (tertiary/aromatic N) is 4. The Morgan fingerprint density at radius 3 is 2.83 bits per heavy atom. The number of nitrogen functional groups attached to an aromatic ring is 1. The normalized spacial score (nSPS) is 12.8. The predicted molar refractivity (Wildman–Crippen MR) is 66.7 cm³/mol. The topological polar surface area (TPSA) is 110 Å². The van der Waals surface area contributed by atoms with Crippen molar-refractivity contribution >= 4 is 17.0 Å². The lowest BCUT2D eigenvalue weighted by molar-refractivity contribution is 0.224. The molecule has 2 rings (SSSR count). The SMILES string of the molecule is C=C(CO)C[C@@H](CO)n1cnc2c(N)ncnc21. The number of fused-ring (bicyclic) bond motifs is 1. The van der Waals surface area contributed by atoms with Crippen molar-refractivity contribution in [1.82, 2.24) is 19.5 Å². The Bertz CT molecular complexity index is 566. The Kier molecular flexibility index (Phi) is 3.54. The second kappa shape index (κ2) is 5.11. The van der Waals surface area contributed by atoms with Crippen LogP contribution in [0.2, 0.25) is 0 Å². The largest absolute Gasteiger partial charge is 0.394 e. The van der Waals surface area contributed by atoms with Crippen LogP contribution in [-0.4, -0.2) is 42.9 Å². The molecule has 2 aromatic rings. The number of rotatable bonds is 5. The standard InChI is InChI=1S/C11H15N5O2/c1-7(3-17)2-8(4-18)16-6-15-9-10(12)13-5-14-11(9)16/h5-6,8,17-18H,1-4H2,(H2,12,13,14)/t8-/m0/s1. The maximum atomic E-state index is 9.42. The molecule has 0 aliphatic rings. The number of anilines is 1. The third-order valence-electron chi connectivity index (χ3n) is 2.74. The molecule has 0 aromatic carbocycles. The van der Waals surface area contributed by atoms with Crippen molar-refractivity contribution in [2.75, 3.05) is 18.9 Å². The first-order valence-electron chi connectivity index (χ1n) is 5.48. The van der Waals surface area contributed by atoms with Crippen molar-refractivity contribution in [3.63, 3.8) is 0 Å². The van der Waals surface area contributed by atoms with E-state index in [9.17, 15) is 5.11 Å². The van der Waals surface area contributed by atoms with E-state index in [2.05, 4.69) is 21.5 Å². The molecule has 0 amide bonds. The van der Waals surface area contributed by atoms with E-state index in [1.165, 1.54) is 6.33 Å². The number of aromatic nitrogens is 4. The molecule has 0 saturated carbocycles. The maximum absolute atomic E-state index is 9.42. The van der Waals surface area contributed by atoms with E-state index in [4.69, 9.17) is 10.8 Å². The minimum Gasteiger partial charge on any atom is -0.394 e. The Labute approximate surface area is 104 Å². The van der Waals surface area contributed by atoms with Gasteiger partial charge in [0.05, 0.1) is 25.6 Å². The molecule has 7 nitrogen and oxygen atoms in total. The van der Waals surface area contributed by atoms with Gasteiger partial charge >= 0.3 is 0 Å². The van der Waals surface area contributed by atoms with Gasteiger partial charge in [-0.1, -0.05) is 12.2 Å². The van der Waals surface area contributed by atoms with Gasteiger partial charge in [0.2, 0.25) is 0 Å². The number of nitrogens with two attached hydrogens (primary N) is 1. The third kappa shape index (κ3) is 2.18. The van der Waals surface area contributed by atoms with Gasteiger partial charge in [0.25, 0.3) is 0 Å². The van der Waals surface area contributed by atoms with Gasteiger partial charge < -0.3 is 20.5 Å². The van der Waals surface area contributed by atoms with Crippen LogP contribution in [0.5, 0.6) is 0 Å². The fourth-order valence-corrected chi connectivity index (χ4v) is 1.79. The first kappa shape index (κ1) is 12.5. The van der Waals surface area contributed by atoms with Gasteiger partial charge in [0, 0.05) is 0 Å². The van der Waals surface area contributed by atoms with E-state index in [1.54, 1.807) is 10.9 Å². The molecule has 0 aliphatic heterocycles. The lowest BCUT2D eigenvalue weighted by atomic mass is 10.1. The molecule has 0 fully saturated rings. The lowest BCUT2D eigenvalue weighted by Crippen LogP contribution is -2.14. The molecule has 96 valence electrons. The van der Waals surface area contributed by atoms with Crippen molar-refractivity contribution in [3.05, 3.63) is 24.8 Å². The van der Waals surface area contributed by atoms with Crippen LogP contribution in [0.15, 0.2) is 24.8 Å². The molecule has 4 N–H and O–H groups in total. The Morgan fingerprint density at radius 2 is 2.17 bits per heavy atom. The monoisotopic (exact) mass is 249 g/mol. The Hall–Kier alpha value is -1.99. The van der Waals surface area contributed by atoms with Gasteiger partial charge in [-0.2, -0.15) is 0 Å². The summed E-state index contributed by atoms with van der Waals surface area (Å²) in [6.45, 7) is 3.50. The summed E-state index contributed by atoms with van der Waals surface area (Å²) in [6.07, 6.45) is 3.36. The summed E-state index contributed by atoms with van der Waals surface area (Å²) in [7, 11) is 0. The second-order valence-electron chi connectivity index (χ2n) is 4.03. The Morgan fingerprint density at radius 1 is 1.39 bits per heavy atom.